The topological polar surface area (TPSA) is 58.6 Å². The molecule has 0 aliphatic rings. The highest BCUT2D eigenvalue weighted by atomic mass is 16.5. The summed E-state index contributed by atoms with van der Waals surface area (Å²) in [6.07, 6.45) is -0.444. The lowest BCUT2D eigenvalue weighted by atomic mass is 10.1. The highest BCUT2D eigenvalue weighted by molar-refractivity contribution is 5.68. The quantitative estimate of drug-likeness (QED) is 0.809. The van der Waals surface area contributed by atoms with Gasteiger partial charge < -0.3 is 15.2 Å². The number of nitrogens with one attached hydrogen (secondary N) is 1. The molecule has 0 radical (unpaired) electrons. The van der Waals surface area contributed by atoms with E-state index >= 15 is 0 Å². The Hall–Kier alpha value is -1.71. The molecule has 0 heterocycles. The third-order valence-electron chi connectivity index (χ3n) is 1.78. The summed E-state index contributed by atoms with van der Waals surface area (Å²) in [5.74, 6) is 0.197. The fourth-order valence-corrected chi connectivity index (χ4v) is 1.08. The van der Waals surface area contributed by atoms with Crippen LogP contribution in [-0.2, 0) is 11.3 Å². The van der Waals surface area contributed by atoms with Crippen LogP contribution in [0.3, 0.4) is 0 Å². The highest BCUT2D eigenvalue weighted by Gasteiger charge is 2.14. The smallest absolute Gasteiger partial charge is 0.407 e. The second-order valence-corrected chi connectivity index (χ2v) is 4.62. The van der Waals surface area contributed by atoms with Crippen LogP contribution in [0.4, 0.5) is 4.79 Å². The molecule has 1 aromatic carbocycles. The molecule has 0 aliphatic heterocycles. The minimum atomic E-state index is -0.444. The van der Waals surface area contributed by atoms with Gasteiger partial charge in [0.1, 0.15) is 12.4 Å². The Kier molecular flexibility index (Phi) is 3.77. The van der Waals surface area contributed by atoms with E-state index in [1.807, 2.05) is 20.8 Å². The highest BCUT2D eigenvalue weighted by Crippen LogP contribution is 2.10. The average Bonchev–Trinajstić information content (AvgIpc) is 2.14. The van der Waals surface area contributed by atoms with Crippen molar-refractivity contribution in [1.82, 2.24) is 5.32 Å². The SMILES string of the molecule is CC(C)(C)NC(=O)OCc1ccc(O)cc1. The van der Waals surface area contributed by atoms with Crippen LogP contribution in [0.15, 0.2) is 24.3 Å². The van der Waals surface area contributed by atoms with E-state index in [0.29, 0.717) is 0 Å². The number of carbonyl (C=O) groups excluding carboxylic acids is 1. The van der Waals surface area contributed by atoms with Gasteiger partial charge in [0.15, 0.2) is 0 Å². The Morgan fingerprint density at radius 2 is 1.88 bits per heavy atom. The number of phenolic OH excluding ortho intramolecular Hbond substituents is 1. The van der Waals surface area contributed by atoms with Gasteiger partial charge in [-0.2, -0.15) is 0 Å². The van der Waals surface area contributed by atoms with Crippen molar-refractivity contribution in [2.45, 2.75) is 32.9 Å². The normalized spacial score (nSPS) is 10.9. The third kappa shape index (κ3) is 4.68. The van der Waals surface area contributed by atoms with Crippen LogP contribution in [0.25, 0.3) is 0 Å². The van der Waals surface area contributed by atoms with Gasteiger partial charge in [-0.15, -0.1) is 0 Å². The Morgan fingerprint density at radius 1 is 1.31 bits per heavy atom. The van der Waals surface area contributed by atoms with Crippen LogP contribution in [0.2, 0.25) is 0 Å². The van der Waals surface area contributed by atoms with Gasteiger partial charge in [-0.05, 0) is 38.5 Å². The predicted octanol–water partition coefficient (Wildman–Crippen LogP) is 2.42. The first-order valence-corrected chi connectivity index (χ1v) is 5.10. The Bertz CT molecular complexity index is 352. The second-order valence-electron chi connectivity index (χ2n) is 4.62. The number of amides is 1. The van der Waals surface area contributed by atoms with E-state index in [2.05, 4.69) is 5.32 Å². The number of aromatic hydroxyl groups is 1. The summed E-state index contributed by atoms with van der Waals surface area (Å²) in [5.41, 5.74) is 0.535. The summed E-state index contributed by atoms with van der Waals surface area (Å²) in [6, 6.07) is 6.53. The lowest BCUT2D eigenvalue weighted by Crippen LogP contribution is -2.40. The third-order valence-corrected chi connectivity index (χ3v) is 1.78. The first kappa shape index (κ1) is 12.4. The van der Waals surface area contributed by atoms with Gasteiger partial charge in [0.2, 0.25) is 0 Å². The van der Waals surface area contributed by atoms with E-state index < -0.39 is 6.09 Å². The molecule has 88 valence electrons. The van der Waals surface area contributed by atoms with Gasteiger partial charge in [-0.3, -0.25) is 0 Å². The van der Waals surface area contributed by atoms with E-state index in [4.69, 9.17) is 9.84 Å². The first-order chi connectivity index (χ1) is 7.37. The maximum Gasteiger partial charge on any atom is 0.407 e. The largest absolute Gasteiger partial charge is 0.508 e. The minimum absolute atomic E-state index is 0.197. The maximum atomic E-state index is 11.3. The molecule has 0 bridgehead atoms. The second kappa shape index (κ2) is 4.88. The number of ether oxygens (including phenoxy) is 1. The monoisotopic (exact) mass is 223 g/mol. The van der Waals surface area contributed by atoms with Crippen LogP contribution in [0.5, 0.6) is 5.75 Å². The van der Waals surface area contributed by atoms with E-state index in [-0.39, 0.29) is 17.9 Å². The number of rotatable bonds is 2. The molecule has 4 nitrogen and oxygen atoms in total. The fraction of sp³-hybridized carbons (Fsp3) is 0.417. The van der Waals surface area contributed by atoms with Gasteiger partial charge in [-0.1, -0.05) is 12.1 Å². The molecule has 0 fully saturated rings. The molecular formula is C12H17NO3. The standard InChI is InChI=1S/C12H17NO3/c1-12(2,3)13-11(15)16-8-9-4-6-10(14)7-5-9/h4-7,14H,8H2,1-3H3,(H,13,15). The van der Waals surface area contributed by atoms with Crippen molar-refractivity contribution in [3.8, 4) is 5.75 Å². The molecule has 1 amide bonds. The summed E-state index contributed by atoms with van der Waals surface area (Å²) in [4.78, 5) is 11.3. The summed E-state index contributed by atoms with van der Waals surface area (Å²) in [7, 11) is 0. The maximum absolute atomic E-state index is 11.3. The van der Waals surface area contributed by atoms with Gasteiger partial charge >= 0.3 is 6.09 Å². The number of carbonyl (C=O) groups is 1. The molecular weight excluding hydrogens is 206 g/mol. The number of phenols is 1. The van der Waals surface area contributed by atoms with Crippen molar-refractivity contribution in [3.05, 3.63) is 29.8 Å². The molecule has 4 heteroatoms. The van der Waals surface area contributed by atoms with Gasteiger partial charge in [0.05, 0.1) is 0 Å². The van der Waals surface area contributed by atoms with Gasteiger partial charge in [0, 0.05) is 5.54 Å². The Morgan fingerprint density at radius 3 is 2.38 bits per heavy atom. The molecule has 1 rings (SSSR count). The number of hydrogen-bond donors (Lipinski definition) is 2. The Balaban J connectivity index is 2.40. The van der Waals surface area contributed by atoms with Crippen LogP contribution in [0, 0.1) is 0 Å². The zero-order valence-corrected chi connectivity index (χ0v) is 9.78. The average molecular weight is 223 g/mol. The van der Waals surface area contributed by atoms with Crippen LogP contribution >= 0.6 is 0 Å². The summed E-state index contributed by atoms with van der Waals surface area (Å²) >= 11 is 0. The lowest BCUT2D eigenvalue weighted by molar-refractivity contribution is 0.131. The van der Waals surface area contributed by atoms with Crippen molar-refractivity contribution in [1.29, 1.82) is 0 Å². The zero-order chi connectivity index (χ0) is 12.2. The zero-order valence-electron chi connectivity index (χ0n) is 9.78. The van der Waals surface area contributed by atoms with Crippen molar-refractivity contribution < 1.29 is 14.6 Å². The Labute approximate surface area is 95.2 Å². The molecule has 0 spiro atoms. The molecule has 0 aromatic heterocycles. The van der Waals surface area contributed by atoms with E-state index in [1.54, 1.807) is 24.3 Å². The number of hydrogen-bond acceptors (Lipinski definition) is 3. The fourth-order valence-electron chi connectivity index (χ4n) is 1.08. The van der Waals surface area contributed by atoms with E-state index in [1.165, 1.54) is 0 Å². The van der Waals surface area contributed by atoms with E-state index in [0.717, 1.165) is 5.56 Å². The first-order valence-electron chi connectivity index (χ1n) is 5.10. The molecule has 0 atom stereocenters. The minimum Gasteiger partial charge on any atom is -0.508 e. The number of alkyl carbamates (subject to hydrolysis) is 1. The molecule has 0 saturated heterocycles. The van der Waals surface area contributed by atoms with Crippen molar-refractivity contribution >= 4 is 6.09 Å². The molecule has 0 aliphatic carbocycles. The van der Waals surface area contributed by atoms with Crippen LogP contribution in [-0.4, -0.2) is 16.7 Å². The van der Waals surface area contributed by atoms with E-state index in [9.17, 15) is 4.79 Å². The van der Waals surface area contributed by atoms with Crippen molar-refractivity contribution in [2.75, 3.05) is 0 Å². The van der Waals surface area contributed by atoms with Crippen LogP contribution in [0.1, 0.15) is 26.3 Å². The molecule has 2 N–H and O–H groups in total. The molecule has 0 unspecified atom stereocenters. The van der Waals surface area contributed by atoms with Gasteiger partial charge in [-0.25, -0.2) is 4.79 Å². The summed E-state index contributed by atoms with van der Waals surface area (Å²) in [6.45, 7) is 5.85. The molecule has 1 aromatic rings. The summed E-state index contributed by atoms with van der Waals surface area (Å²) < 4.78 is 5.01. The molecule has 0 saturated carbocycles. The summed E-state index contributed by atoms with van der Waals surface area (Å²) in [5, 5.41) is 11.8. The van der Waals surface area contributed by atoms with Crippen LogP contribution < -0.4 is 5.32 Å². The predicted molar refractivity (Wildman–Crippen MR) is 61.2 cm³/mol. The van der Waals surface area contributed by atoms with Gasteiger partial charge in [0.25, 0.3) is 0 Å². The lowest BCUT2D eigenvalue weighted by Gasteiger charge is -2.19. The number of benzene rings is 1. The molecule has 16 heavy (non-hydrogen) atoms. The van der Waals surface area contributed by atoms with Crippen molar-refractivity contribution in [3.63, 3.8) is 0 Å². The van der Waals surface area contributed by atoms with Crippen molar-refractivity contribution in [2.24, 2.45) is 0 Å².